The van der Waals surface area contributed by atoms with Gasteiger partial charge in [0.2, 0.25) is 47.3 Å². The molecule has 412 valence electrons. The van der Waals surface area contributed by atoms with Crippen LogP contribution in [0.2, 0.25) is 0 Å². The number of phenols is 1. The smallest absolute Gasteiger partial charge is 0.244 e. The van der Waals surface area contributed by atoms with Crippen molar-refractivity contribution in [3.8, 4) is 5.75 Å². The van der Waals surface area contributed by atoms with Gasteiger partial charge in [-0.15, -0.1) is 0 Å². The summed E-state index contributed by atoms with van der Waals surface area (Å²) < 4.78 is 0. The lowest BCUT2D eigenvalue weighted by molar-refractivity contribution is -0.136. The van der Waals surface area contributed by atoms with E-state index in [4.69, 9.17) is 17.2 Å². The van der Waals surface area contributed by atoms with Crippen LogP contribution < -0.4 is 54.4 Å². The van der Waals surface area contributed by atoms with Crippen molar-refractivity contribution in [2.75, 3.05) is 18.1 Å². The maximum Gasteiger partial charge on any atom is 0.244 e. The summed E-state index contributed by atoms with van der Waals surface area (Å²) in [5, 5.41) is 42.1. The standard InChI is InChI=1S/C54H69N11O10S2/c1-29(2)45-54(75)63-44(53(74)65-46(30(3)66)47(57)68)28-77-76-27-43(62-48(69)38(56)23-32-15-18-33-10-4-5-11-34(33)22-32)52(73)60-41(24-31-16-19-36(67)20-17-31)50(71)61-42(25-35-26-58-39-13-7-6-12-37(35)39)51(72)59-40(49(70)64-45)14-8-9-21-55/h4-7,10-13,15-20,22,26,29-30,38,40-46,58,66-67H,8-9,14,21,23-25,27-28,55-56H2,1-3H3,(H2,57,68)(H,59,72)(H,60,73)(H,61,71)(H,62,69)(H,63,75)(H,64,70)(H,65,74)/t30-,38-,40-,41-,42+,43-,44-,45-,46-/m1/s1. The lowest BCUT2D eigenvalue weighted by Crippen LogP contribution is -2.62. The number of fused-ring (bicyclic) bond motifs is 2. The minimum absolute atomic E-state index is 0.0501. The second kappa shape index (κ2) is 28.3. The quantitative estimate of drug-likeness (QED) is 0.0453. The highest BCUT2D eigenvalue weighted by Crippen LogP contribution is 2.25. The molecule has 0 saturated carbocycles. The summed E-state index contributed by atoms with van der Waals surface area (Å²) in [4.78, 5) is 116. The molecule has 6 rings (SSSR count). The van der Waals surface area contributed by atoms with Crippen LogP contribution in [0.1, 0.15) is 56.7 Å². The first-order valence-corrected chi connectivity index (χ1v) is 27.9. The van der Waals surface area contributed by atoms with Gasteiger partial charge in [-0.2, -0.15) is 0 Å². The highest BCUT2D eigenvalue weighted by molar-refractivity contribution is 8.76. The van der Waals surface area contributed by atoms with Gasteiger partial charge < -0.3 is 69.6 Å². The van der Waals surface area contributed by atoms with Gasteiger partial charge in [-0.3, -0.25) is 38.4 Å². The second-order valence-corrected chi connectivity index (χ2v) is 22.0. The molecule has 77 heavy (non-hydrogen) atoms. The minimum Gasteiger partial charge on any atom is -0.508 e. The first-order valence-electron chi connectivity index (χ1n) is 25.4. The van der Waals surface area contributed by atoms with Gasteiger partial charge in [-0.05, 0) is 90.7 Å². The van der Waals surface area contributed by atoms with Crippen LogP contribution in [0.15, 0.2) is 97.2 Å². The number of aromatic nitrogens is 1. The summed E-state index contributed by atoms with van der Waals surface area (Å²) in [5.74, 6) is -7.66. The van der Waals surface area contributed by atoms with Crippen LogP contribution in [0.4, 0.5) is 0 Å². The first-order chi connectivity index (χ1) is 36.8. The number of unbranched alkanes of at least 4 members (excludes halogenated alkanes) is 1. The van der Waals surface area contributed by atoms with E-state index in [0.29, 0.717) is 24.0 Å². The number of aliphatic hydroxyl groups excluding tert-OH is 1. The molecule has 1 aliphatic rings. The number of amides is 8. The Morgan fingerprint density at radius 2 is 1.34 bits per heavy atom. The van der Waals surface area contributed by atoms with Crippen molar-refractivity contribution >= 4 is 90.5 Å². The van der Waals surface area contributed by atoms with Crippen molar-refractivity contribution in [3.05, 3.63) is 114 Å². The fourth-order valence-corrected chi connectivity index (χ4v) is 11.0. The summed E-state index contributed by atoms with van der Waals surface area (Å²) in [5.41, 5.74) is 20.5. The zero-order valence-corrected chi connectivity index (χ0v) is 44.7. The van der Waals surface area contributed by atoms with E-state index in [-0.39, 0.29) is 49.5 Å². The Balaban J connectivity index is 1.39. The van der Waals surface area contributed by atoms with E-state index in [0.717, 1.165) is 48.8 Å². The van der Waals surface area contributed by atoms with Crippen molar-refractivity contribution in [1.82, 2.24) is 42.2 Å². The number of rotatable bonds is 17. The van der Waals surface area contributed by atoms with E-state index in [1.807, 2.05) is 66.7 Å². The normalized spacial score (nSPS) is 21.6. The zero-order valence-electron chi connectivity index (χ0n) is 43.1. The molecule has 0 radical (unpaired) electrons. The van der Waals surface area contributed by atoms with Crippen LogP contribution in [0.3, 0.4) is 0 Å². The fourth-order valence-electron chi connectivity index (χ4n) is 8.71. The number of phenolic OH excluding ortho intramolecular Hbond substituents is 1. The van der Waals surface area contributed by atoms with Crippen LogP contribution in [-0.2, 0) is 57.6 Å². The molecule has 0 spiro atoms. The topological polar surface area (TPSA) is 355 Å². The van der Waals surface area contributed by atoms with E-state index in [1.165, 1.54) is 19.1 Å². The van der Waals surface area contributed by atoms with Crippen molar-refractivity contribution in [2.24, 2.45) is 23.1 Å². The maximum absolute atomic E-state index is 14.9. The van der Waals surface area contributed by atoms with Crippen molar-refractivity contribution in [2.45, 2.75) is 114 Å². The number of carbonyl (C=O) groups is 8. The molecule has 23 heteroatoms. The third-order valence-corrected chi connectivity index (χ3v) is 15.5. The summed E-state index contributed by atoms with van der Waals surface area (Å²) in [6, 6.07) is 15.8. The van der Waals surface area contributed by atoms with Crippen molar-refractivity contribution < 1.29 is 48.6 Å². The lowest BCUT2D eigenvalue weighted by Gasteiger charge is -2.29. The number of aromatic amines is 1. The molecule has 0 bridgehead atoms. The van der Waals surface area contributed by atoms with Crippen LogP contribution in [-0.4, -0.2) is 135 Å². The Kier molecular flexibility index (Phi) is 21.7. The van der Waals surface area contributed by atoms with Crippen molar-refractivity contribution in [3.63, 3.8) is 0 Å². The first kappa shape index (κ1) is 59.1. The predicted molar refractivity (Wildman–Crippen MR) is 296 cm³/mol. The second-order valence-electron chi connectivity index (χ2n) is 19.4. The predicted octanol–water partition coefficient (Wildman–Crippen LogP) is 0.822. The lowest BCUT2D eigenvalue weighted by atomic mass is 10.00. The number of carbonyl (C=O) groups excluding carboxylic acids is 8. The SMILES string of the molecule is CC(C)[C@H]1NC(=O)[C@@H](CCCCN)NC(=O)[C@H](Cc2c[nH]c3ccccc23)NC(=O)[C@@H](Cc2ccc(O)cc2)NC(=O)[C@H](NC(=O)[C@H](N)Cc2ccc3ccccc3c2)CSSC[C@H](C(=O)N[C@@H](C(N)=O)[C@@H](C)O)NC1=O. The van der Waals surface area contributed by atoms with Gasteiger partial charge in [0.25, 0.3) is 0 Å². The van der Waals surface area contributed by atoms with Gasteiger partial charge >= 0.3 is 0 Å². The molecular weight excluding hydrogens is 1030 g/mol. The molecule has 2 heterocycles. The molecule has 0 aliphatic carbocycles. The van der Waals surface area contributed by atoms with Crippen LogP contribution in [0.25, 0.3) is 21.7 Å². The van der Waals surface area contributed by atoms with E-state index < -0.39 is 108 Å². The monoisotopic (exact) mass is 1100 g/mol. The van der Waals surface area contributed by atoms with Gasteiger partial charge in [-0.25, -0.2) is 0 Å². The van der Waals surface area contributed by atoms with Gasteiger partial charge in [-0.1, -0.05) is 108 Å². The molecule has 1 fully saturated rings. The molecule has 8 amide bonds. The average molecular weight is 1100 g/mol. The van der Waals surface area contributed by atoms with Gasteiger partial charge in [0.05, 0.1) is 12.1 Å². The summed E-state index contributed by atoms with van der Waals surface area (Å²) >= 11 is 0. The Morgan fingerprint density at radius 1 is 0.714 bits per heavy atom. The molecule has 0 unspecified atom stereocenters. The van der Waals surface area contributed by atoms with Crippen LogP contribution in [0, 0.1) is 5.92 Å². The highest BCUT2D eigenvalue weighted by Gasteiger charge is 2.36. The Labute approximate surface area is 453 Å². The Hall–Kier alpha value is -7.18. The number of aliphatic hydroxyl groups is 1. The number of para-hydroxylation sites is 1. The van der Waals surface area contributed by atoms with Gasteiger partial charge in [0.15, 0.2) is 0 Å². The number of nitrogens with one attached hydrogen (secondary N) is 8. The minimum atomic E-state index is -1.55. The molecule has 1 saturated heterocycles. The van der Waals surface area contributed by atoms with E-state index in [2.05, 4.69) is 42.2 Å². The number of H-pyrrole nitrogens is 1. The largest absolute Gasteiger partial charge is 0.508 e. The molecule has 16 N–H and O–H groups in total. The van der Waals surface area contributed by atoms with Crippen LogP contribution >= 0.6 is 21.6 Å². The third-order valence-electron chi connectivity index (χ3n) is 13.1. The zero-order chi connectivity index (χ0) is 55.8. The van der Waals surface area contributed by atoms with Crippen LogP contribution in [0.5, 0.6) is 5.75 Å². The van der Waals surface area contributed by atoms with E-state index >= 15 is 0 Å². The molecule has 4 aromatic carbocycles. The highest BCUT2D eigenvalue weighted by atomic mass is 33.1. The molecular formula is C54H69N11O10S2. The van der Waals surface area contributed by atoms with E-state index in [1.54, 1.807) is 32.2 Å². The summed E-state index contributed by atoms with van der Waals surface area (Å²) in [6.07, 6.45) is 1.05. The van der Waals surface area contributed by atoms with E-state index in [9.17, 15) is 48.6 Å². The Bertz CT molecular complexity index is 2890. The van der Waals surface area contributed by atoms with Gasteiger partial charge in [0, 0.05) is 41.4 Å². The number of hydrogen-bond acceptors (Lipinski definition) is 14. The van der Waals surface area contributed by atoms with Gasteiger partial charge in [0.1, 0.15) is 48.0 Å². The fraction of sp³-hybridized carbons (Fsp3) is 0.407. The number of benzene rings is 4. The Morgan fingerprint density at radius 3 is 2.03 bits per heavy atom. The number of primary amides is 1. The number of nitrogens with two attached hydrogens (primary N) is 3. The molecule has 1 aromatic heterocycles. The summed E-state index contributed by atoms with van der Waals surface area (Å²) in [7, 11) is 2.03. The molecule has 21 nitrogen and oxygen atoms in total. The maximum atomic E-state index is 14.9. The molecule has 1 aliphatic heterocycles. The molecule has 9 atom stereocenters. The number of hydrogen-bond donors (Lipinski definition) is 13. The number of aromatic hydroxyl groups is 1. The summed E-state index contributed by atoms with van der Waals surface area (Å²) in [6.45, 7) is 4.85. The molecule has 5 aromatic rings. The average Bonchev–Trinajstić information content (AvgIpc) is 3.81. The van der Waals surface area contributed by atoms with Crippen molar-refractivity contribution in [1.29, 1.82) is 0 Å². The third kappa shape index (κ3) is 16.9.